The largest absolute Gasteiger partial charge is 0.484 e. The van der Waals surface area contributed by atoms with E-state index in [4.69, 9.17) is 4.74 Å². The van der Waals surface area contributed by atoms with Gasteiger partial charge in [0.15, 0.2) is 6.61 Å². The van der Waals surface area contributed by atoms with Crippen molar-refractivity contribution < 1.29 is 27.5 Å². The van der Waals surface area contributed by atoms with E-state index in [1.165, 1.54) is 12.1 Å². The summed E-state index contributed by atoms with van der Waals surface area (Å²) in [5.74, 6) is -0.982. The summed E-state index contributed by atoms with van der Waals surface area (Å²) in [6.07, 6.45) is -2.72. The quantitative estimate of drug-likeness (QED) is 0.658. The lowest BCUT2D eigenvalue weighted by Gasteiger charge is -2.12. The maximum atomic E-state index is 12.7. The van der Waals surface area contributed by atoms with E-state index in [0.29, 0.717) is 17.8 Å². The van der Waals surface area contributed by atoms with Crippen LogP contribution in [0.25, 0.3) is 0 Å². The zero-order valence-corrected chi connectivity index (χ0v) is 15.3. The van der Waals surface area contributed by atoms with Crippen molar-refractivity contribution in [3.63, 3.8) is 0 Å². The van der Waals surface area contributed by atoms with Gasteiger partial charge in [0.2, 0.25) is 0 Å². The topological polar surface area (TPSA) is 67.4 Å². The molecule has 150 valence electrons. The van der Waals surface area contributed by atoms with Crippen LogP contribution in [0.2, 0.25) is 0 Å². The molecule has 28 heavy (non-hydrogen) atoms. The monoisotopic (exact) mass is 394 g/mol. The molecule has 0 heterocycles. The van der Waals surface area contributed by atoms with Crippen LogP contribution in [0.4, 0.5) is 18.9 Å². The van der Waals surface area contributed by atoms with E-state index in [0.717, 1.165) is 25.0 Å². The van der Waals surface area contributed by atoms with E-state index in [1.807, 2.05) is 6.92 Å². The summed E-state index contributed by atoms with van der Waals surface area (Å²) in [5, 5.41) is 5.31. The van der Waals surface area contributed by atoms with Gasteiger partial charge in [0.05, 0.1) is 16.8 Å². The molecule has 0 fully saturated rings. The van der Waals surface area contributed by atoms with E-state index >= 15 is 0 Å². The first-order chi connectivity index (χ1) is 13.3. The maximum Gasteiger partial charge on any atom is 0.416 e. The van der Waals surface area contributed by atoms with Crippen molar-refractivity contribution in [1.82, 2.24) is 5.32 Å². The van der Waals surface area contributed by atoms with Crippen LogP contribution < -0.4 is 15.4 Å². The van der Waals surface area contributed by atoms with Gasteiger partial charge in [0.1, 0.15) is 5.75 Å². The maximum absolute atomic E-state index is 12.7. The summed E-state index contributed by atoms with van der Waals surface area (Å²) in [6.45, 7) is 2.04. The first-order valence-electron chi connectivity index (χ1n) is 8.78. The predicted molar refractivity (Wildman–Crippen MR) is 99.3 cm³/mol. The van der Waals surface area contributed by atoms with Crippen LogP contribution >= 0.6 is 0 Å². The minimum atomic E-state index is -4.49. The minimum absolute atomic E-state index is 0.0735. The number of nitrogens with one attached hydrogen (secondary N) is 2. The molecule has 0 aliphatic rings. The van der Waals surface area contributed by atoms with Crippen molar-refractivity contribution in [1.29, 1.82) is 0 Å². The van der Waals surface area contributed by atoms with Crippen molar-refractivity contribution in [2.75, 3.05) is 18.5 Å². The number of unbranched alkanes of at least 4 members (excludes halogenated alkanes) is 1. The molecule has 0 atom stereocenters. The van der Waals surface area contributed by atoms with E-state index < -0.39 is 24.3 Å². The molecule has 0 bridgehead atoms. The fourth-order valence-electron chi connectivity index (χ4n) is 2.36. The molecule has 0 aliphatic carbocycles. The third kappa shape index (κ3) is 6.29. The third-order valence-corrected chi connectivity index (χ3v) is 3.79. The number of hydrogen-bond acceptors (Lipinski definition) is 3. The number of halogens is 3. The number of rotatable bonds is 8. The Morgan fingerprint density at radius 2 is 1.82 bits per heavy atom. The highest BCUT2D eigenvalue weighted by molar-refractivity contribution is 6.04. The SMILES string of the molecule is CCCCNC(=O)c1ccccc1NC(=O)COc1cccc(C(F)(F)F)c1. The highest BCUT2D eigenvalue weighted by Gasteiger charge is 2.30. The lowest BCUT2D eigenvalue weighted by Crippen LogP contribution is -2.27. The molecular weight excluding hydrogens is 373 g/mol. The highest BCUT2D eigenvalue weighted by Crippen LogP contribution is 2.31. The number of ether oxygens (including phenoxy) is 1. The van der Waals surface area contributed by atoms with Gasteiger partial charge in [-0.1, -0.05) is 31.5 Å². The summed E-state index contributed by atoms with van der Waals surface area (Å²) >= 11 is 0. The average Bonchev–Trinajstić information content (AvgIpc) is 2.66. The Labute approximate surface area is 160 Å². The number of carbonyl (C=O) groups is 2. The Bertz CT molecular complexity index is 822. The number of amides is 2. The zero-order chi connectivity index (χ0) is 20.6. The van der Waals surface area contributed by atoms with Crippen molar-refractivity contribution in [3.05, 3.63) is 59.7 Å². The van der Waals surface area contributed by atoms with Gasteiger partial charge in [-0.25, -0.2) is 0 Å². The van der Waals surface area contributed by atoms with Gasteiger partial charge in [-0.15, -0.1) is 0 Å². The van der Waals surface area contributed by atoms with Crippen LogP contribution in [-0.4, -0.2) is 25.0 Å². The number of hydrogen-bond donors (Lipinski definition) is 2. The second kappa shape index (κ2) is 9.77. The van der Waals surface area contributed by atoms with E-state index in [9.17, 15) is 22.8 Å². The van der Waals surface area contributed by atoms with Crippen molar-refractivity contribution in [2.45, 2.75) is 25.9 Å². The molecule has 0 aromatic heterocycles. The van der Waals surface area contributed by atoms with Gasteiger partial charge in [-0.05, 0) is 36.8 Å². The zero-order valence-electron chi connectivity index (χ0n) is 15.3. The second-order valence-corrected chi connectivity index (χ2v) is 6.02. The molecule has 0 aliphatic heterocycles. The van der Waals surface area contributed by atoms with Crippen LogP contribution in [0.15, 0.2) is 48.5 Å². The summed E-state index contributed by atoms with van der Waals surface area (Å²) in [4.78, 5) is 24.3. The number of anilines is 1. The lowest BCUT2D eigenvalue weighted by atomic mass is 10.1. The van der Waals surface area contributed by atoms with Gasteiger partial charge >= 0.3 is 6.18 Å². The van der Waals surface area contributed by atoms with E-state index in [-0.39, 0.29) is 11.7 Å². The molecule has 5 nitrogen and oxygen atoms in total. The van der Waals surface area contributed by atoms with Crippen LogP contribution in [0.5, 0.6) is 5.75 Å². The van der Waals surface area contributed by atoms with Gasteiger partial charge in [-0.3, -0.25) is 9.59 Å². The molecule has 2 aromatic carbocycles. The molecule has 0 saturated carbocycles. The van der Waals surface area contributed by atoms with Crippen LogP contribution in [0, 0.1) is 0 Å². The van der Waals surface area contributed by atoms with Gasteiger partial charge in [0.25, 0.3) is 11.8 Å². The van der Waals surface area contributed by atoms with Crippen molar-refractivity contribution in [2.24, 2.45) is 0 Å². The summed E-state index contributed by atoms with van der Waals surface area (Å²) in [5.41, 5.74) is -0.264. The molecule has 2 aromatic rings. The molecule has 0 unspecified atom stereocenters. The highest BCUT2D eigenvalue weighted by atomic mass is 19.4. The predicted octanol–water partition coefficient (Wildman–Crippen LogP) is 4.25. The Morgan fingerprint density at radius 3 is 2.54 bits per heavy atom. The van der Waals surface area contributed by atoms with Crippen molar-refractivity contribution in [3.8, 4) is 5.75 Å². The van der Waals surface area contributed by atoms with Gasteiger partial charge in [0, 0.05) is 6.54 Å². The van der Waals surface area contributed by atoms with E-state index in [1.54, 1.807) is 24.3 Å². The smallest absolute Gasteiger partial charge is 0.416 e. The molecular formula is C20H21F3N2O3. The normalized spacial score (nSPS) is 11.0. The summed E-state index contributed by atoms with van der Waals surface area (Å²) < 4.78 is 43.3. The average molecular weight is 394 g/mol. The number of alkyl halides is 3. The first kappa shape index (κ1) is 21.3. The Hall–Kier alpha value is -3.03. The number of carbonyl (C=O) groups excluding carboxylic acids is 2. The van der Waals surface area contributed by atoms with Gasteiger partial charge in [-0.2, -0.15) is 13.2 Å². The Balaban J connectivity index is 1.98. The van der Waals surface area contributed by atoms with Crippen LogP contribution in [-0.2, 0) is 11.0 Å². The minimum Gasteiger partial charge on any atom is -0.484 e. The Kier molecular flexibility index (Phi) is 7.43. The van der Waals surface area contributed by atoms with Crippen molar-refractivity contribution >= 4 is 17.5 Å². The fourth-order valence-corrected chi connectivity index (χ4v) is 2.36. The fraction of sp³-hybridized carbons (Fsp3) is 0.300. The summed E-state index contributed by atoms with van der Waals surface area (Å²) in [7, 11) is 0. The molecule has 0 radical (unpaired) electrons. The number of benzene rings is 2. The third-order valence-electron chi connectivity index (χ3n) is 3.79. The molecule has 8 heteroatoms. The second-order valence-electron chi connectivity index (χ2n) is 6.02. The number of para-hydroxylation sites is 1. The van der Waals surface area contributed by atoms with Gasteiger partial charge < -0.3 is 15.4 Å². The molecule has 2 rings (SSSR count). The molecule has 2 amide bonds. The summed E-state index contributed by atoms with van der Waals surface area (Å²) in [6, 6.07) is 10.7. The van der Waals surface area contributed by atoms with E-state index in [2.05, 4.69) is 10.6 Å². The lowest BCUT2D eigenvalue weighted by molar-refractivity contribution is -0.137. The standard InChI is InChI=1S/C20H21F3N2O3/c1-2-3-11-24-19(27)16-9-4-5-10-17(16)25-18(26)13-28-15-8-6-7-14(12-15)20(21,22)23/h4-10,12H,2-3,11,13H2,1H3,(H,24,27)(H,25,26). The molecule has 0 spiro atoms. The first-order valence-corrected chi connectivity index (χ1v) is 8.78. The van der Waals surface area contributed by atoms with Crippen LogP contribution in [0.1, 0.15) is 35.7 Å². The molecule has 2 N–H and O–H groups in total. The van der Waals surface area contributed by atoms with Crippen LogP contribution in [0.3, 0.4) is 0 Å². The molecule has 0 saturated heterocycles. The Morgan fingerprint density at radius 1 is 1.07 bits per heavy atom.